The summed E-state index contributed by atoms with van der Waals surface area (Å²) < 4.78 is 5.40. The lowest BCUT2D eigenvalue weighted by Gasteiger charge is -2.38. The second-order valence-corrected chi connectivity index (χ2v) is 8.32. The van der Waals surface area contributed by atoms with Crippen molar-refractivity contribution in [1.29, 1.82) is 0 Å². The summed E-state index contributed by atoms with van der Waals surface area (Å²) in [6.45, 7) is 7.97. The van der Waals surface area contributed by atoms with Gasteiger partial charge in [-0.25, -0.2) is 4.79 Å². The van der Waals surface area contributed by atoms with E-state index in [4.69, 9.17) is 4.74 Å². The summed E-state index contributed by atoms with van der Waals surface area (Å²) in [6.07, 6.45) is 4.10. The van der Waals surface area contributed by atoms with E-state index in [0.717, 1.165) is 24.6 Å². The number of carbonyl (C=O) groups excluding carboxylic acids is 2. The molecular weight excluding hydrogens is 360 g/mol. The van der Waals surface area contributed by atoms with Crippen molar-refractivity contribution in [2.45, 2.75) is 52.1 Å². The number of hydrogen-bond donors (Lipinski definition) is 0. The van der Waals surface area contributed by atoms with Crippen LogP contribution in [0.25, 0.3) is 0 Å². The molecular formula is C17H29BrN2O3. The monoisotopic (exact) mass is 388 g/mol. The average Bonchev–Trinajstić information content (AvgIpc) is 2.53. The highest BCUT2D eigenvalue weighted by Gasteiger charge is 2.33. The Morgan fingerprint density at radius 3 is 2.26 bits per heavy atom. The van der Waals surface area contributed by atoms with Crippen molar-refractivity contribution in [3.63, 3.8) is 0 Å². The Morgan fingerprint density at radius 2 is 1.70 bits per heavy atom. The van der Waals surface area contributed by atoms with E-state index in [0.29, 0.717) is 32.1 Å². The van der Waals surface area contributed by atoms with Gasteiger partial charge in [0.15, 0.2) is 0 Å². The van der Waals surface area contributed by atoms with E-state index in [1.807, 2.05) is 25.7 Å². The quantitative estimate of drug-likeness (QED) is 0.682. The van der Waals surface area contributed by atoms with Crippen LogP contribution < -0.4 is 0 Å². The van der Waals surface area contributed by atoms with Gasteiger partial charge in [0.05, 0.1) is 0 Å². The lowest BCUT2D eigenvalue weighted by molar-refractivity contribution is -0.138. The second-order valence-electron chi connectivity index (χ2n) is 7.68. The van der Waals surface area contributed by atoms with Crippen molar-refractivity contribution in [3.8, 4) is 0 Å². The molecule has 2 fully saturated rings. The van der Waals surface area contributed by atoms with Gasteiger partial charge in [0.1, 0.15) is 5.60 Å². The maximum Gasteiger partial charge on any atom is 0.410 e. The summed E-state index contributed by atoms with van der Waals surface area (Å²) in [5, 5.41) is 0.989. The number of rotatable bonds is 2. The molecule has 2 rings (SSSR count). The van der Waals surface area contributed by atoms with E-state index in [1.165, 1.54) is 6.42 Å². The fourth-order valence-electron chi connectivity index (χ4n) is 3.35. The van der Waals surface area contributed by atoms with Gasteiger partial charge >= 0.3 is 6.09 Å². The van der Waals surface area contributed by atoms with Gasteiger partial charge in [-0.2, -0.15) is 0 Å². The maximum absolute atomic E-state index is 12.7. The van der Waals surface area contributed by atoms with Crippen molar-refractivity contribution >= 4 is 27.9 Å². The molecule has 6 heteroatoms. The molecule has 0 aromatic rings. The molecule has 1 aliphatic carbocycles. The number of amides is 2. The van der Waals surface area contributed by atoms with Crippen LogP contribution in [0.2, 0.25) is 0 Å². The van der Waals surface area contributed by atoms with E-state index in [1.54, 1.807) is 4.90 Å². The first-order valence-corrected chi connectivity index (χ1v) is 9.75. The first-order valence-electron chi connectivity index (χ1n) is 8.63. The third kappa shape index (κ3) is 5.37. The lowest BCUT2D eigenvalue weighted by Crippen LogP contribution is -2.53. The van der Waals surface area contributed by atoms with Gasteiger partial charge in [0, 0.05) is 37.4 Å². The van der Waals surface area contributed by atoms with Crippen LogP contribution in [0.5, 0.6) is 0 Å². The van der Waals surface area contributed by atoms with Gasteiger partial charge < -0.3 is 14.5 Å². The van der Waals surface area contributed by atoms with Crippen LogP contribution in [0.4, 0.5) is 4.79 Å². The van der Waals surface area contributed by atoms with E-state index >= 15 is 0 Å². The molecule has 0 spiro atoms. The van der Waals surface area contributed by atoms with Gasteiger partial charge in [-0.15, -0.1) is 0 Å². The number of halogens is 1. The van der Waals surface area contributed by atoms with Crippen LogP contribution >= 0.6 is 15.9 Å². The molecule has 2 amide bonds. The second kappa shape index (κ2) is 7.86. The largest absolute Gasteiger partial charge is 0.444 e. The molecule has 1 aliphatic heterocycles. The number of alkyl halides is 1. The molecule has 2 aliphatic rings. The van der Waals surface area contributed by atoms with Crippen LogP contribution in [-0.4, -0.2) is 58.9 Å². The van der Waals surface area contributed by atoms with Gasteiger partial charge in [-0.1, -0.05) is 22.4 Å². The van der Waals surface area contributed by atoms with Gasteiger partial charge in [0.25, 0.3) is 0 Å². The molecule has 1 heterocycles. The van der Waals surface area contributed by atoms with Crippen LogP contribution in [0.3, 0.4) is 0 Å². The van der Waals surface area contributed by atoms with Crippen molar-refractivity contribution in [3.05, 3.63) is 0 Å². The van der Waals surface area contributed by atoms with Crippen LogP contribution in [0.1, 0.15) is 46.5 Å². The zero-order valence-corrected chi connectivity index (χ0v) is 16.1. The minimum absolute atomic E-state index is 0.166. The molecule has 0 bridgehead atoms. The SMILES string of the molecule is CC(C)(C)OC(=O)N1CCN(C(=O)C2CCC[C@@H](CBr)C2)CC1. The molecule has 0 aromatic carbocycles. The number of nitrogens with zero attached hydrogens (tertiary/aromatic N) is 2. The van der Waals surface area contributed by atoms with Gasteiger partial charge in [-0.05, 0) is 46.0 Å². The smallest absolute Gasteiger partial charge is 0.410 e. The predicted molar refractivity (Wildman–Crippen MR) is 93.6 cm³/mol. The van der Waals surface area contributed by atoms with Crippen molar-refractivity contribution < 1.29 is 14.3 Å². The van der Waals surface area contributed by atoms with E-state index in [2.05, 4.69) is 15.9 Å². The molecule has 1 saturated carbocycles. The number of ether oxygens (including phenoxy) is 1. The summed E-state index contributed by atoms with van der Waals surface area (Å²) in [5.41, 5.74) is -0.475. The fourth-order valence-corrected chi connectivity index (χ4v) is 3.94. The van der Waals surface area contributed by atoms with Crippen LogP contribution in [0.15, 0.2) is 0 Å². The van der Waals surface area contributed by atoms with E-state index in [9.17, 15) is 9.59 Å². The molecule has 1 unspecified atom stereocenters. The Labute approximate surface area is 147 Å². The maximum atomic E-state index is 12.7. The van der Waals surface area contributed by atoms with Gasteiger partial charge in [-0.3, -0.25) is 4.79 Å². The Hall–Kier alpha value is -0.780. The number of carbonyl (C=O) groups is 2. The van der Waals surface area contributed by atoms with Gasteiger partial charge in [0.2, 0.25) is 5.91 Å². The molecule has 132 valence electrons. The Morgan fingerprint density at radius 1 is 1.09 bits per heavy atom. The third-order valence-electron chi connectivity index (χ3n) is 4.59. The summed E-state index contributed by atoms with van der Waals surface area (Å²) >= 11 is 3.55. The molecule has 23 heavy (non-hydrogen) atoms. The molecule has 2 atom stereocenters. The predicted octanol–water partition coefficient (Wildman–Crippen LogP) is 3.27. The topological polar surface area (TPSA) is 49.9 Å². The Bertz CT molecular complexity index is 428. The Balaban J connectivity index is 1.82. The molecule has 0 radical (unpaired) electrons. The highest BCUT2D eigenvalue weighted by Crippen LogP contribution is 2.31. The van der Waals surface area contributed by atoms with Crippen molar-refractivity contribution in [2.75, 3.05) is 31.5 Å². The number of hydrogen-bond acceptors (Lipinski definition) is 3. The van der Waals surface area contributed by atoms with Crippen molar-refractivity contribution in [2.24, 2.45) is 11.8 Å². The van der Waals surface area contributed by atoms with E-state index < -0.39 is 5.60 Å². The zero-order valence-electron chi connectivity index (χ0n) is 14.5. The minimum atomic E-state index is -0.475. The first-order chi connectivity index (χ1) is 10.8. The first kappa shape index (κ1) is 18.6. The minimum Gasteiger partial charge on any atom is -0.444 e. The molecule has 1 saturated heterocycles. The van der Waals surface area contributed by atoms with E-state index in [-0.39, 0.29) is 17.9 Å². The lowest BCUT2D eigenvalue weighted by atomic mass is 9.81. The summed E-state index contributed by atoms with van der Waals surface area (Å²) in [5.74, 6) is 1.07. The highest BCUT2D eigenvalue weighted by atomic mass is 79.9. The summed E-state index contributed by atoms with van der Waals surface area (Å²) in [7, 11) is 0. The number of piperazine rings is 1. The summed E-state index contributed by atoms with van der Waals surface area (Å²) in [6, 6.07) is 0. The zero-order chi connectivity index (χ0) is 17.0. The normalized spacial score (nSPS) is 26.1. The molecule has 5 nitrogen and oxygen atoms in total. The molecule has 0 aromatic heterocycles. The average molecular weight is 389 g/mol. The highest BCUT2D eigenvalue weighted by molar-refractivity contribution is 9.09. The van der Waals surface area contributed by atoms with Crippen LogP contribution in [-0.2, 0) is 9.53 Å². The summed E-state index contributed by atoms with van der Waals surface area (Å²) in [4.78, 5) is 28.4. The van der Waals surface area contributed by atoms with Crippen LogP contribution in [0, 0.1) is 11.8 Å². The molecule has 0 N–H and O–H groups in total. The fraction of sp³-hybridized carbons (Fsp3) is 0.882. The Kier molecular flexibility index (Phi) is 6.34. The third-order valence-corrected chi connectivity index (χ3v) is 5.51. The van der Waals surface area contributed by atoms with Crippen molar-refractivity contribution in [1.82, 2.24) is 9.80 Å². The standard InChI is InChI=1S/C17H29BrN2O3/c1-17(2,3)23-16(22)20-9-7-19(8-10-20)15(21)14-6-4-5-13(11-14)12-18/h13-14H,4-12H2,1-3H3/t13-,14?/m1/s1.